The number of ether oxygens (including phenoxy) is 1. The molecule has 0 bridgehead atoms. The van der Waals surface area contributed by atoms with E-state index in [4.69, 9.17) is 4.74 Å². The molecule has 0 saturated carbocycles. The van der Waals surface area contributed by atoms with Crippen LogP contribution in [0.15, 0.2) is 10.8 Å². The summed E-state index contributed by atoms with van der Waals surface area (Å²) in [6, 6.07) is 0. The zero-order chi connectivity index (χ0) is 16.0. The minimum atomic E-state index is -1.64. The molecule has 0 aromatic rings. The lowest BCUT2D eigenvalue weighted by Crippen LogP contribution is -2.30. The van der Waals surface area contributed by atoms with Gasteiger partial charge in [-0.2, -0.15) is 0 Å². The lowest BCUT2D eigenvalue weighted by molar-refractivity contribution is -0.143. The summed E-state index contributed by atoms with van der Waals surface area (Å²) < 4.78 is 4.73. The third-order valence-corrected chi connectivity index (χ3v) is 6.29. The summed E-state index contributed by atoms with van der Waals surface area (Å²) in [5, 5.41) is 1.10. The molecule has 0 fully saturated rings. The van der Waals surface area contributed by atoms with Gasteiger partial charge in [-0.25, -0.2) is 0 Å². The Labute approximate surface area is 130 Å². The molecule has 0 N–H and O–H groups in total. The number of carbonyl (C=O) groups excluding carboxylic acids is 2. The topological polar surface area (TPSA) is 43.4 Å². The third-order valence-electron chi connectivity index (χ3n) is 4.19. The van der Waals surface area contributed by atoms with Crippen molar-refractivity contribution in [3.05, 3.63) is 10.8 Å². The van der Waals surface area contributed by atoms with E-state index in [1.807, 2.05) is 0 Å². The number of carbonyl (C=O) groups is 2. The Bertz CT molecular complexity index is 418. The van der Waals surface area contributed by atoms with E-state index in [9.17, 15) is 9.59 Å². The van der Waals surface area contributed by atoms with Gasteiger partial charge in [-0.3, -0.25) is 9.59 Å². The van der Waals surface area contributed by atoms with Gasteiger partial charge in [-0.1, -0.05) is 51.4 Å². The number of rotatable bonds is 8. The molecule has 1 atom stereocenters. The van der Waals surface area contributed by atoms with Crippen LogP contribution in [0, 0.1) is 5.92 Å². The molecule has 3 nitrogen and oxygen atoms in total. The van der Waals surface area contributed by atoms with Crippen molar-refractivity contribution in [3.63, 3.8) is 0 Å². The molecule has 0 aromatic carbocycles. The fraction of sp³-hybridized carbons (Fsp3) is 0.765. The van der Waals surface area contributed by atoms with Gasteiger partial charge in [0.2, 0.25) is 0 Å². The van der Waals surface area contributed by atoms with Crippen molar-refractivity contribution < 1.29 is 14.3 Å². The van der Waals surface area contributed by atoms with E-state index in [0.29, 0.717) is 0 Å². The highest BCUT2D eigenvalue weighted by atomic mass is 28.3. The number of allylic oxidation sites excluding steroid dienone is 2. The maximum atomic E-state index is 12.7. The molecule has 0 spiro atoms. The SMILES string of the molecule is CCCCCCC1=C([Si](C)(C)C)C(=O)C(CC(=O)OC)C1. The molecule has 0 aliphatic heterocycles. The lowest BCUT2D eigenvalue weighted by Gasteiger charge is -2.20. The quantitative estimate of drug-likeness (QED) is 0.382. The number of Topliss-reactive ketones (excluding diaryl/α,β-unsaturated/α-hetero) is 1. The first kappa shape index (κ1) is 18.1. The molecule has 4 heteroatoms. The average Bonchev–Trinajstić information content (AvgIpc) is 2.71. The van der Waals surface area contributed by atoms with Crippen molar-refractivity contribution in [2.24, 2.45) is 5.92 Å². The van der Waals surface area contributed by atoms with E-state index >= 15 is 0 Å². The molecular weight excluding hydrogens is 280 g/mol. The summed E-state index contributed by atoms with van der Waals surface area (Å²) in [5.74, 6) is -0.207. The van der Waals surface area contributed by atoms with E-state index in [1.54, 1.807) is 0 Å². The highest BCUT2D eigenvalue weighted by Gasteiger charge is 2.39. The van der Waals surface area contributed by atoms with Crippen molar-refractivity contribution in [2.45, 2.75) is 71.5 Å². The number of unbranched alkanes of at least 4 members (excludes halogenated alkanes) is 3. The van der Waals surface area contributed by atoms with Gasteiger partial charge < -0.3 is 4.74 Å². The van der Waals surface area contributed by atoms with Gasteiger partial charge >= 0.3 is 5.97 Å². The van der Waals surface area contributed by atoms with Crippen LogP contribution in [0.2, 0.25) is 19.6 Å². The second-order valence-corrected chi connectivity index (χ2v) is 12.1. The van der Waals surface area contributed by atoms with Crippen LogP contribution in [-0.4, -0.2) is 26.9 Å². The van der Waals surface area contributed by atoms with Gasteiger partial charge in [-0.15, -0.1) is 0 Å². The third kappa shape index (κ3) is 5.10. The minimum absolute atomic E-state index is 0.166. The van der Waals surface area contributed by atoms with Crippen LogP contribution in [0.5, 0.6) is 0 Å². The molecule has 120 valence electrons. The van der Waals surface area contributed by atoms with Crippen molar-refractivity contribution in [3.8, 4) is 0 Å². The standard InChI is InChI=1S/C17H30O3Si/c1-6-7-8-9-10-13-11-14(12-15(18)20-2)16(19)17(13)21(3,4)5/h14H,6-12H2,1-5H3. The van der Waals surface area contributed by atoms with Crippen LogP contribution >= 0.6 is 0 Å². The number of ketones is 1. The minimum Gasteiger partial charge on any atom is -0.469 e. The van der Waals surface area contributed by atoms with Gasteiger partial charge in [-0.05, 0) is 24.5 Å². The summed E-state index contributed by atoms with van der Waals surface area (Å²) in [6.45, 7) is 8.89. The second kappa shape index (κ2) is 7.92. The monoisotopic (exact) mass is 310 g/mol. The van der Waals surface area contributed by atoms with Gasteiger partial charge in [0, 0.05) is 5.92 Å². The summed E-state index contributed by atoms with van der Waals surface area (Å²) in [4.78, 5) is 24.2. The molecule has 0 aromatic heterocycles. The normalized spacial score (nSPS) is 19.3. The fourth-order valence-electron chi connectivity index (χ4n) is 3.21. The molecule has 1 aliphatic rings. The predicted octanol–water partition coefficient (Wildman–Crippen LogP) is 4.28. The molecule has 0 amide bonds. The van der Waals surface area contributed by atoms with E-state index in [-0.39, 0.29) is 24.1 Å². The molecule has 0 radical (unpaired) electrons. The van der Waals surface area contributed by atoms with Crippen molar-refractivity contribution in [1.29, 1.82) is 0 Å². The summed E-state index contributed by atoms with van der Waals surface area (Å²) in [7, 11) is -0.255. The Morgan fingerprint density at radius 2 is 1.90 bits per heavy atom. The largest absolute Gasteiger partial charge is 0.469 e. The Morgan fingerprint density at radius 1 is 1.24 bits per heavy atom. The summed E-state index contributed by atoms with van der Waals surface area (Å²) in [5.41, 5.74) is 1.34. The maximum absolute atomic E-state index is 12.7. The summed E-state index contributed by atoms with van der Waals surface area (Å²) >= 11 is 0. The second-order valence-electron chi connectivity index (χ2n) is 7.08. The number of methoxy groups -OCH3 is 1. The molecule has 1 unspecified atom stereocenters. The molecule has 0 heterocycles. The highest BCUT2D eigenvalue weighted by molar-refractivity contribution is 6.87. The Hall–Kier alpha value is -0.903. The Morgan fingerprint density at radius 3 is 2.43 bits per heavy atom. The Balaban J connectivity index is 2.80. The highest BCUT2D eigenvalue weighted by Crippen LogP contribution is 2.38. The van der Waals surface area contributed by atoms with Crippen LogP contribution in [0.3, 0.4) is 0 Å². The van der Waals surface area contributed by atoms with Crippen LogP contribution in [-0.2, 0) is 14.3 Å². The predicted molar refractivity (Wildman–Crippen MR) is 88.9 cm³/mol. The number of esters is 1. The van der Waals surface area contributed by atoms with Crippen LogP contribution in [0.4, 0.5) is 0 Å². The zero-order valence-corrected chi connectivity index (χ0v) is 15.3. The molecular formula is C17H30O3Si. The fourth-order valence-corrected chi connectivity index (χ4v) is 5.44. The van der Waals surface area contributed by atoms with Crippen molar-refractivity contribution in [1.82, 2.24) is 0 Å². The van der Waals surface area contributed by atoms with Crippen LogP contribution < -0.4 is 0 Å². The van der Waals surface area contributed by atoms with E-state index in [0.717, 1.165) is 24.5 Å². The van der Waals surface area contributed by atoms with Crippen molar-refractivity contribution >= 4 is 19.8 Å². The van der Waals surface area contributed by atoms with Gasteiger partial charge in [0.25, 0.3) is 0 Å². The van der Waals surface area contributed by atoms with Crippen molar-refractivity contribution in [2.75, 3.05) is 7.11 Å². The summed E-state index contributed by atoms with van der Waals surface area (Å²) in [6.07, 6.45) is 6.92. The number of hydrogen-bond donors (Lipinski definition) is 0. The van der Waals surface area contributed by atoms with Gasteiger partial charge in [0.05, 0.1) is 21.6 Å². The lowest BCUT2D eigenvalue weighted by atomic mass is 9.98. The first-order valence-corrected chi connectivity index (χ1v) is 11.6. The van der Waals surface area contributed by atoms with Crippen LogP contribution in [0.25, 0.3) is 0 Å². The van der Waals surface area contributed by atoms with E-state index < -0.39 is 8.07 Å². The molecule has 21 heavy (non-hydrogen) atoms. The molecule has 1 aliphatic carbocycles. The maximum Gasteiger partial charge on any atom is 0.306 e. The molecule has 0 saturated heterocycles. The zero-order valence-electron chi connectivity index (χ0n) is 14.3. The average molecular weight is 311 g/mol. The molecule has 1 rings (SSSR count). The van der Waals surface area contributed by atoms with E-state index in [2.05, 4.69) is 26.6 Å². The van der Waals surface area contributed by atoms with E-state index in [1.165, 1.54) is 31.9 Å². The van der Waals surface area contributed by atoms with Gasteiger partial charge in [0.1, 0.15) is 0 Å². The first-order chi connectivity index (χ1) is 9.81. The number of hydrogen-bond acceptors (Lipinski definition) is 3. The smallest absolute Gasteiger partial charge is 0.306 e. The van der Waals surface area contributed by atoms with Crippen LogP contribution in [0.1, 0.15) is 51.9 Å². The first-order valence-electron chi connectivity index (χ1n) is 8.14. The van der Waals surface area contributed by atoms with Gasteiger partial charge in [0.15, 0.2) is 5.78 Å². The Kier molecular flexibility index (Phi) is 6.85.